The van der Waals surface area contributed by atoms with Gasteiger partial charge in [0.1, 0.15) is 0 Å². The molecule has 0 bridgehead atoms. The van der Waals surface area contributed by atoms with Gasteiger partial charge in [-0.25, -0.2) is 0 Å². The Morgan fingerprint density at radius 3 is 0.500 bits per heavy atom. The molecule has 0 atom stereocenters. The first-order valence-electron chi connectivity index (χ1n) is 3.33. The predicted molar refractivity (Wildman–Crippen MR) is 43.0 cm³/mol. The van der Waals surface area contributed by atoms with E-state index < -0.39 is 0 Å². The SMILES string of the molecule is [CH]1[CH][CH][CH][CH]1.[CH]1[CH][CH][CH][CH]1.[Cl-].[V+4]. The average Bonchev–Trinajstić information content (AvgIpc) is 2.67. The minimum Gasteiger partial charge on any atom is -1.00 e. The van der Waals surface area contributed by atoms with Crippen LogP contribution in [0.3, 0.4) is 0 Å². The first kappa shape index (κ1) is 15.4. The van der Waals surface area contributed by atoms with E-state index in [0.717, 1.165) is 0 Å². The van der Waals surface area contributed by atoms with Gasteiger partial charge >= 0.3 is 18.6 Å². The van der Waals surface area contributed by atoms with Crippen molar-refractivity contribution in [3.8, 4) is 0 Å². The summed E-state index contributed by atoms with van der Waals surface area (Å²) in [5.74, 6) is 0. The van der Waals surface area contributed by atoms with Crippen molar-refractivity contribution >= 4 is 0 Å². The van der Waals surface area contributed by atoms with Crippen LogP contribution >= 0.6 is 0 Å². The molecule has 2 rings (SSSR count). The quantitative estimate of drug-likeness (QED) is 0.490. The van der Waals surface area contributed by atoms with Crippen LogP contribution in [0.5, 0.6) is 0 Å². The first-order chi connectivity index (χ1) is 5.00. The third-order valence-electron chi connectivity index (χ3n) is 1.11. The summed E-state index contributed by atoms with van der Waals surface area (Å²) in [6.07, 6.45) is 20.0. The second-order valence-electron chi connectivity index (χ2n) is 1.92. The molecule has 0 aromatic heterocycles. The van der Waals surface area contributed by atoms with Crippen LogP contribution < -0.4 is 12.4 Å². The van der Waals surface area contributed by atoms with E-state index in [1.165, 1.54) is 0 Å². The summed E-state index contributed by atoms with van der Waals surface area (Å²) >= 11 is 0. The van der Waals surface area contributed by atoms with Crippen LogP contribution in [0.4, 0.5) is 0 Å². The molecule has 0 spiro atoms. The van der Waals surface area contributed by atoms with Gasteiger partial charge in [-0.1, -0.05) is 0 Å². The molecule has 0 N–H and O–H groups in total. The summed E-state index contributed by atoms with van der Waals surface area (Å²) in [6.45, 7) is 0. The van der Waals surface area contributed by atoms with Crippen LogP contribution in [0.15, 0.2) is 0 Å². The molecule has 12 heavy (non-hydrogen) atoms. The van der Waals surface area contributed by atoms with Gasteiger partial charge in [-0.3, -0.25) is 0 Å². The van der Waals surface area contributed by atoms with Crippen LogP contribution in [0.2, 0.25) is 0 Å². The van der Waals surface area contributed by atoms with Gasteiger partial charge in [0.15, 0.2) is 0 Å². The standard InChI is InChI=1S/2C5H5.ClH.V/c2*1-2-4-5-3-1;;/h2*1-5H;1H;/q;;;+4/p-1. The molecule has 0 aliphatic heterocycles. The van der Waals surface area contributed by atoms with E-state index in [9.17, 15) is 0 Å². The topological polar surface area (TPSA) is 0 Å². The maximum atomic E-state index is 2.00. The molecule has 2 aliphatic carbocycles. The first-order valence-corrected chi connectivity index (χ1v) is 3.33. The van der Waals surface area contributed by atoms with E-state index in [1.54, 1.807) is 0 Å². The molecule has 2 aliphatic rings. The second-order valence-corrected chi connectivity index (χ2v) is 1.92. The maximum Gasteiger partial charge on any atom is 4.00 e. The number of hydrogen-bond donors (Lipinski definition) is 0. The van der Waals surface area contributed by atoms with Crippen molar-refractivity contribution in [1.29, 1.82) is 0 Å². The molecular formula is C10H10ClV+3. The summed E-state index contributed by atoms with van der Waals surface area (Å²) in [5.41, 5.74) is 0. The maximum absolute atomic E-state index is 2.00. The fourth-order valence-corrected chi connectivity index (χ4v) is 0.642. The van der Waals surface area contributed by atoms with Gasteiger partial charge in [0, 0.05) is 0 Å². The Kier molecular flexibility index (Phi) is 15.2. The molecule has 0 heterocycles. The van der Waals surface area contributed by atoms with Crippen LogP contribution in [0.25, 0.3) is 0 Å². The molecule has 0 unspecified atom stereocenters. The molecule has 11 radical (unpaired) electrons. The van der Waals surface area contributed by atoms with E-state index in [2.05, 4.69) is 0 Å². The van der Waals surface area contributed by atoms with E-state index >= 15 is 0 Å². The molecule has 0 aromatic carbocycles. The molecule has 2 heteroatoms. The van der Waals surface area contributed by atoms with Crippen molar-refractivity contribution in [2.45, 2.75) is 0 Å². The molecule has 2 fully saturated rings. The number of hydrogen-bond acceptors (Lipinski definition) is 0. The van der Waals surface area contributed by atoms with E-state index in [0.29, 0.717) is 0 Å². The minimum atomic E-state index is 0. The normalized spacial score (nSPS) is 20.0. The van der Waals surface area contributed by atoms with Gasteiger partial charge < -0.3 is 12.4 Å². The Morgan fingerprint density at radius 2 is 0.417 bits per heavy atom. The van der Waals surface area contributed by atoms with Gasteiger partial charge in [0.25, 0.3) is 0 Å². The Labute approximate surface area is 95.2 Å². The zero-order valence-electron chi connectivity index (χ0n) is 6.60. The van der Waals surface area contributed by atoms with Crippen molar-refractivity contribution in [2.75, 3.05) is 0 Å². The fraction of sp³-hybridized carbons (Fsp3) is 0. The fourth-order valence-electron chi connectivity index (χ4n) is 0.642. The van der Waals surface area contributed by atoms with Gasteiger partial charge in [-0.2, -0.15) is 0 Å². The zero-order valence-corrected chi connectivity index (χ0v) is 8.75. The molecular weight excluding hydrogens is 207 g/mol. The van der Waals surface area contributed by atoms with Crippen molar-refractivity contribution in [2.24, 2.45) is 0 Å². The van der Waals surface area contributed by atoms with Gasteiger partial charge in [0.2, 0.25) is 0 Å². The van der Waals surface area contributed by atoms with Crippen LogP contribution in [-0.4, -0.2) is 0 Å². The van der Waals surface area contributed by atoms with Crippen molar-refractivity contribution in [1.82, 2.24) is 0 Å². The molecule has 0 saturated heterocycles. The summed E-state index contributed by atoms with van der Waals surface area (Å²) in [7, 11) is 0. The number of halogens is 1. The molecule has 0 nitrogen and oxygen atoms in total. The zero-order chi connectivity index (χ0) is 7.07. The van der Waals surface area contributed by atoms with Crippen molar-refractivity contribution in [3.63, 3.8) is 0 Å². The summed E-state index contributed by atoms with van der Waals surface area (Å²) < 4.78 is 0. The molecule has 0 aromatic rings. The van der Waals surface area contributed by atoms with Crippen molar-refractivity contribution in [3.05, 3.63) is 64.2 Å². The second kappa shape index (κ2) is 11.9. The third kappa shape index (κ3) is 8.97. The van der Waals surface area contributed by atoms with Crippen molar-refractivity contribution < 1.29 is 31.0 Å². The van der Waals surface area contributed by atoms with Gasteiger partial charge in [0.05, 0.1) is 0 Å². The van der Waals surface area contributed by atoms with E-state index in [1.807, 2.05) is 64.2 Å². The average molecular weight is 217 g/mol. The van der Waals surface area contributed by atoms with Crippen LogP contribution in [-0.2, 0) is 18.6 Å². The molecule has 0 amide bonds. The van der Waals surface area contributed by atoms with Gasteiger partial charge in [-0.05, 0) is 64.2 Å². The van der Waals surface area contributed by atoms with Crippen LogP contribution in [0, 0.1) is 64.2 Å². The smallest absolute Gasteiger partial charge is 1.00 e. The van der Waals surface area contributed by atoms with E-state index in [4.69, 9.17) is 0 Å². The largest absolute Gasteiger partial charge is 4.00 e. The Balaban J connectivity index is 0. The molecule has 59 valence electrons. The minimum absolute atomic E-state index is 0. The summed E-state index contributed by atoms with van der Waals surface area (Å²) in [5, 5.41) is 0. The Bertz CT molecular complexity index is 43.0. The third-order valence-corrected chi connectivity index (χ3v) is 1.11. The Morgan fingerprint density at radius 1 is 0.333 bits per heavy atom. The number of rotatable bonds is 0. The Hall–Kier alpha value is 0.874. The summed E-state index contributed by atoms with van der Waals surface area (Å²) in [4.78, 5) is 0. The summed E-state index contributed by atoms with van der Waals surface area (Å²) in [6, 6.07) is 0. The predicted octanol–water partition coefficient (Wildman–Crippen LogP) is -0.956. The van der Waals surface area contributed by atoms with Crippen LogP contribution in [0.1, 0.15) is 0 Å². The molecule has 2 saturated carbocycles. The van der Waals surface area contributed by atoms with Gasteiger partial charge in [-0.15, -0.1) is 0 Å². The van der Waals surface area contributed by atoms with E-state index in [-0.39, 0.29) is 31.0 Å². The monoisotopic (exact) mass is 216 g/mol.